The van der Waals surface area contributed by atoms with Gasteiger partial charge < -0.3 is 14.8 Å². The molecule has 0 radical (unpaired) electrons. The van der Waals surface area contributed by atoms with Gasteiger partial charge in [0, 0.05) is 12.1 Å². The number of anilines is 1. The molecule has 0 spiro atoms. The van der Waals surface area contributed by atoms with Gasteiger partial charge in [-0.1, -0.05) is 46.9 Å². The lowest BCUT2D eigenvalue weighted by Gasteiger charge is -2.14. The van der Waals surface area contributed by atoms with E-state index in [1.807, 2.05) is 0 Å². The third-order valence-electron chi connectivity index (χ3n) is 4.70. The molecule has 0 atom stereocenters. The van der Waals surface area contributed by atoms with E-state index in [1.165, 1.54) is 37.5 Å². The number of hydrogen-bond acceptors (Lipinski definition) is 6. The van der Waals surface area contributed by atoms with Crippen LogP contribution in [0.1, 0.15) is 11.1 Å². The summed E-state index contributed by atoms with van der Waals surface area (Å²) in [4.78, 5) is 22.9. The highest BCUT2D eigenvalue weighted by Gasteiger charge is 2.19. The first-order chi connectivity index (χ1) is 17.1. The van der Waals surface area contributed by atoms with Crippen molar-refractivity contribution < 1.29 is 23.6 Å². The number of nitriles is 1. The molecule has 0 aliphatic rings. The minimum atomic E-state index is -0.859. The lowest BCUT2D eigenvalue weighted by atomic mass is 10.1. The van der Waals surface area contributed by atoms with Gasteiger partial charge in [0.1, 0.15) is 24.1 Å². The van der Waals surface area contributed by atoms with Crippen LogP contribution in [0.25, 0.3) is 6.08 Å². The van der Waals surface area contributed by atoms with E-state index in [0.717, 1.165) is 12.1 Å². The number of rotatable bonds is 8. The fourth-order valence-corrected chi connectivity index (χ4v) is 3.82. The maximum absolute atomic E-state index is 13.1. The van der Waals surface area contributed by atoms with Gasteiger partial charge in [0.25, 0.3) is 11.6 Å². The van der Waals surface area contributed by atoms with Crippen molar-refractivity contribution in [3.63, 3.8) is 0 Å². The number of methoxy groups -OCH3 is 1. The van der Waals surface area contributed by atoms with Gasteiger partial charge in [0.15, 0.2) is 11.5 Å². The quantitative estimate of drug-likeness (QED) is 0.142. The highest BCUT2D eigenvalue weighted by atomic mass is 35.5. The Balaban J connectivity index is 1.84. The van der Waals surface area contributed by atoms with Crippen LogP contribution in [0.5, 0.6) is 11.5 Å². The molecule has 0 aliphatic heterocycles. The number of nitrogens with zero attached hydrogens (tertiary/aromatic N) is 2. The van der Waals surface area contributed by atoms with Crippen molar-refractivity contribution in [2.24, 2.45) is 0 Å². The Kier molecular flexibility index (Phi) is 8.72. The molecular weight excluding hydrogens is 536 g/mol. The number of nitrogens with one attached hydrogen (secondary N) is 1. The van der Waals surface area contributed by atoms with Crippen molar-refractivity contribution >= 4 is 58.2 Å². The molecule has 0 heterocycles. The van der Waals surface area contributed by atoms with E-state index in [9.17, 15) is 24.6 Å². The average Bonchev–Trinajstić information content (AvgIpc) is 2.84. The van der Waals surface area contributed by atoms with Crippen molar-refractivity contribution in [1.82, 2.24) is 0 Å². The number of carbonyl (C=O) groups is 1. The van der Waals surface area contributed by atoms with Crippen LogP contribution in [0.15, 0.2) is 54.1 Å². The van der Waals surface area contributed by atoms with E-state index in [0.29, 0.717) is 11.1 Å². The van der Waals surface area contributed by atoms with Gasteiger partial charge in [0.05, 0.1) is 32.8 Å². The summed E-state index contributed by atoms with van der Waals surface area (Å²) in [6.45, 7) is 0.0914. The molecule has 0 aliphatic carbocycles. The maximum atomic E-state index is 13.1. The number of amides is 1. The predicted molar refractivity (Wildman–Crippen MR) is 134 cm³/mol. The molecule has 1 N–H and O–H groups in total. The summed E-state index contributed by atoms with van der Waals surface area (Å²) in [5.41, 5.74) is 0.264. The van der Waals surface area contributed by atoms with Crippen LogP contribution in [0, 0.1) is 27.3 Å². The first-order valence-corrected chi connectivity index (χ1v) is 11.1. The molecule has 3 rings (SSSR count). The van der Waals surface area contributed by atoms with E-state index < -0.39 is 10.8 Å². The van der Waals surface area contributed by atoms with Crippen LogP contribution in [0.2, 0.25) is 15.1 Å². The van der Waals surface area contributed by atoms with Crippen molar-refractivity contribution in [2.75, 3.05) is 12.4 Å². The number of hydrogen-bond donors (Lipinski definition) is 1. The Morgan fingerprint density at radius 1 is 1.14 bits per heavy atom. The summed E-state index contributed by atoms with van der Waals surface area (Å²) in [6, 6.07) is 12.5. The summed E-state index contributed by atoms with van der Waals surface area (Å²) < 4.78 is 24.2. The van der Waals surface area contributed by atoms with E-state index in [4.69, 9.17) is 44.3 Å². The number of halogens is 4. The molecule has 3 aromatic carbocycles. The molecule has 0 aromatic heterocycles. The van der Waals surface area contributed by atoms with Gasteiger partial charge in [-0.2, -0.15) is 5.26 Å². The fraction of sp³-hybridized carbons (Fsp3) is 0.0833. The standard InChI is InChI=1S/C24H15Cl3FN3O5/c1-35-21-8-14(7-20(27)23(21)36-12-13-2-4-16(28)5-3-13)6-15(11-29)24(32)30-22-18(25)9-17(31(33)34)10-19(22)26/h2-10H,12H2,1H3,(H,30,32)/b15-6+. The first kappa shape index (κ1) is 26.8. The maximum Gasteiger partial charge on any atom is 0.272 e. The molecule has 0 fully saturated rings. The molecule has 0 unspecified atom stereocenters. The zero-order valence-electron chi connectivity index (χ0n) is 18.4. The van der Waals surface area contributed by atoms with Gasteiger partial charge in [0.2, 0.25) is 0 Å². The SMILES string of the molecule is COc1cc(/C=C(\C#N)C(=O)Nc2c(Cl)cc([N+](=O)[O-])cc2Cl)cc(Cl)c1OCc1ccc(F)cc1. The van der Waals surface area contributed by atoms with Crippen molar-refractivity contribution in [1.29, 1.82) is 5.26 Å². The van der Waals surface area contributed by atoms with E-state index in [1.54, 1.807) is 18.2 Å². The van der Waals surface area contributed by atoms with Gasteiger partial charge in [-0.05, 0) is 41.5 Å². The minimum absolute atomic E-state index is 0.0877. The molecule has 3 aromatic rings. The van der Waals surface area contributed by atoms with Crippen LogP contribution in [-0.4, -0.2) is 17.9 Å². The monoisotopic (exact) mass is 549 g/mol. The third kappa shape index (κ3) is 6.43. The first-order valence-electron chi connectivity index (χ1n) is 9.94. The number of non-ortho nitro benzene ring substituents is 1. The number of nitro benzene ring substituents is 1. The molecule has 12 heteroatoms. The number of ether oxygens (including phenoxy) is 2. The number of benzene rings is 3. The molecule has 8 nitrogen and oxygen atoms in total. The average molecular weight is 551 g/mol. The summed E-state index contributed by atoms with van der Waals surface area (Å²) in [7, 11) is 1.39. The second kappa shape index (κ2) is 11.7. The Bertz CT molecular complexity index is 1380. The van der Waals surface area contributed by atoms with Crippen LogP contribution in [0.4, 0.5) is 15.8 Å². The van der Waals surface area contributed by atoms with Gasteiger partial charge in [-0.25, -0.2) is 4.39 Å². The van der Waals surface area contributed by atoms with Crippen molar-refractivity contribution in [2.45, 2.75) is 6.61 Å². The summed E-state index contributed by atoms with van der Waals surface area (Å²) in [6.07, 6.45) is 1.25. The lowest BCUT2D eigenvalue weighted by molar-refractivity contribution is -0.384. The normalized spacial score (nSPS) is 10.9. The number of carbonyl (C=O) groups excluding carboxylic acids is 1. The van der Waals surface area contributed by atoms with E-state index in [2.05, 4.69) is 5.32 Å². The van der Waals surface area contributed by atoms with Crippen LogP contribution < -0.4 is 14.8 Å². The Labute approximate surface area is 219 Å². The summed E-state index contributed by atoms with van der Waals surface area (Å²) >= 11 is 18.4. The minimum Gasteiger partial charge on any atom is -0.493 e. The van der Waals surface area contributed by atoms with E-state index >= 15 is 0 Å². The topological polar surface area (TPSA) is 114 Å². The van der Waals surface area contributed by atoms with Crippen LogP contribution in [-0.2, 0) is 11.4 Å². The molecule has 184 valence electrons. The second-order valence-corrected chi connectivity index (χ2v) is 8.34. The molecule has 0 bridgehead atoms. The molecule has 0 saturated heterocycles. The lowest BCUT2D eigenvalue weighted by Crippen LogP contribution is -2.14. The zero-order valence-corrected chi connectivity index (χ0v) is 20.6. The Hall–Kier alpha value is -3.84. The highest BCUT2D eigenvalue weighted by Crippen LogP contribution is 2.38. The molecule has 1 amide bonds. The van der Waals surface area contributed by atoms with Crippen LogP contribution in [0.3, 0.4) is 0 Å². The van der Waals surface area contributed by atoms with Gasteiger partial charge in [-0.15, -0.1) is 0 Å². The highest BCUT2D eigenvalue weighted by molar-refractivity contribution is 6.40. The van der Waals surface area contributed by atoms with Gasteiger partial charge in [-0.3, -0.25) is 14.9 Å². The predicted octanol–water partition coefficient (Wildman–Crippen LogP) is 6.83. The smallest absolute Gasteiger partial charge is 0.272 e. The fourth-order valence-electron chi connectivity index (χ4n) is 2.98. The van der Waals surface area contributed by atoms with Crippen molar-refractivity contribution in [3.8, 4) is 17.6 Å². The summed E-state index contributed by atoms with van der Waals surface area (Å²) in [5, 5.41) is 22.6. The van der Waals surface area contributed by atoms with Gasteiger partial charge >= 0.3 is 0 Å². The largest absolute Gasteiger partial charge is 0.493 e. The summed E-state index contributed by atoms with van der Waals surface area (Å²) in [5.74, 6) is -0.786. The molecule has 36 heavy (non-hydrogen) atoms. The van der Waals surface area contributed by atoms with E-state index in [-0.39, 0.29) is 55.9 Å². The Morgan fingerprint density at radius 2 is 1.78 bits per heavy atom. The number of nitro groups is 1. The van der Waals surface area contributed by atoms with Crippen molar-refractivity contribution in [3.05, 3.63) is 96.2 Å². The van der Waals surface area contributed by atoms with Crippen LogP contribution >= 0.6 is 34.8 Å². The molecule has 0 saturated carbocycles. The zero-order chi connectivity index (χ0) is 26.4. The second-order valence-electron chi connectivity index (χ2n) is 7.11. The Morgan fingerprint density at radius 3 is 2.33 bits per heavy atom. The molecular formula is C24H15Cl3FN3O5. The third-order valence-corrected chi connectivity index (χ3v) is 5.58.